The molecule has 1 saturated heterocycles. The fourth-order valence-electron chi connectivity index (χ4n) is 2.71. The third-order valence-electron chi connectivity index (χ3n) is 4.03. The van der Waals surface area contributed by atoms with Crippen molar-refractivity contribution < 1.29 is 23.1 Å². The second-order valence-corrected chi connectivity index (χ2v) is 7.27. The van der Waals surface area contributed by atoms with Crippen molar-refractivity contribution in [2.75, 3.05) is 38.0 Å². The van der Waals surface area contributed by atoms with Crippen LogP contribution in [-0.4, -0.2) is 60.9 Å². The second kappa shape index (κ2) is 8.44. The lowest BCUT2D eigenvalue weighted by Gasteiger charge is -2.37. The predicted octanol–water partition coefficient (Wildman–Crippen LogP) is 2.42. The monoisotopic (exact) mass is 369 g/mol. The van der Waals surface area contributed by atoms with Crippen LogP contribution >= 0.6 is 0 Å². The molecule has 1 aliphatic rings. The average Bonchev–Trinajstić information content (AvgIpc) is 2.55. The van der Waals surface area contributed by atoms with Gasteiger partial charge in [0.15, 0.2) is 0 Å². The molecule has 0 unspecified atom stereocenters. The number of nitrogens with zero attached hydrogens (tertiary/aromatic N) is 2. The number of anilines is 1. The molecule has 0 radical (unpaired) electrons. The van der Waals surface area contributed by atoms with Crippen LogP contribution in [0.3, 0.4) is 0 Å². The zero-order valence-electron chi connectivity index (χ0n) is 15.3. The molecule has 2 rings (SSSR count). The lowest BCUT2D eigenvalue weighted by Crippen LogP contribution is -2.52. The topological polar surface area (TPSA) is 61.9 Å². The molecule has 0 bridgehead atoms. The fraction of sp³-hybridized carbons (Fsp3) is 0.556. The fourth-order valence-corrected chi connectivity index (χ4v) is 2.71. The Hall–Kier alpha value is -2.22. The van der Waals surface area contributed by atoms with E-state index in [9.17, 15) is 18.4 Å². The number of piperazine rings is 1. The smallest absolute Gasteiger partial charge is 0.387 e. The number of hydrogen-bond donors (Lipinski definition) is 1. The van der Waals surface area contributed by atoms with Gasteiger partial charge in [-0.3, -0.25) is 14.5 Å². The number of halogens is 2. The van der Waals surface area contributed by atoms with E-state index in [1.807, 2.05) is 30.6 Å². The van der Waals surface area contributed by atoms with E-state index in [0.717, 1.165) is 0 Å². The third kappa shape index (κ3) is 5.94. The Morgan fingerprint density at radius 3 is 2.19 bits per heavy atom. The van der Waals surface area contributed by atoms with Crippen LogP contribution in [0.15, 0.2) is 24.3 Å². The maximum atomic E-state index is 12.3. The summed E-state index contributed by atoms with van der Waals surface area (Å²) in [6.45, 7) is 5.50. The zero-order chi connectivity index (χ0) is 19.3. The first kappa shape index (κ1) is 20.1. The number of amides is 2. The minimum Gasteiger partial charge on any atom is -0.435 e. The molecule has 1 aromatic rings. The van der Waals surface area contributed by atoms with Crippen molar-refractivity contribution in [3.8, 4) is 5.75 Å². The van der Waals surface area contributed by atoms with Gasteiger partial charge in [-0.25, -0.2) is 0 Å². The molecule has 0 aliphatic carbocycles. The lowest BCUT2D eigenvalue weighted by molar-refractivity contribution is -0.141. The van der Waals surface area contributed by atoms with Crippen molar-refractivity contribution >= 4 is 17.5 Å². The summed E-state index contributed by atoms with van der Waals surface area (Å²) in [5.74, 6) is -0.0338. The summed E-state index contributed by atoms with van der Waals surface area (Å²) in [7, 11) is 0. The van der Waals surface area contributed by atoms with Crippen LogP contribution in [-0.2, 0) is 9.59 Å². The van der Waals surface area contributed by atoms with Crippen LogP contribution in [0.1, 0.15) is 20.8 Å². The van der Waals surface area contributed by atoms with Crippen molar-refractivity contribution in [1.82, 2.24) is 9.80 Å². The van der Waals surface area contributed by atoms with Gasteiger partial charge in [0.05, 0.1) is 6.54 Å². The molecule has 1 aromatic carbocycles. The van der Waals surface area contributed by atoms with Crippen LogP contribution in [0.4, 0.5) is 14.5 Å². The van der Waals surface area contributed by atoms with E-state index in [2.05, 4.69) is 10.1 Å². The van der Waals surface area contributed by atoms with Gasteiger partial charge in [0.1, 0.15) is 5.75 Å². The number of carbonyl (C=O) groups excluding carboxylic acids is 2. The van der Waals surface area contributed by atoms with Crippen LogP contribution in [0.2, 0.25) is 0 Å². The van der Waals surface area contributed by atoms with Crippen LogP contribution in [0.5, 0.6) is 5.75 Å². The van der Waals surface area contributed by atoms with Crippen LogP contribution in [0.25, 0.3) is 0 Å². The van der Waals surface area contributed by atoms with E-state index in [0.29, 0.717) is 31.9 Å². The number of alkyl halides is 2. The molecular weight excluding hydrogens is 344 g/mol. The van der Waals surface area contributed by atoms with E-state index in [-0.39, 0.29) is 24.1 Å². The molecule has 8 heteroatoms. The summed E-state index contributed by atoms with van der Waals surface area (Å²) >= 11 is 0. The van der Waals surface area contributed by atoms with Gasteiger partial charge in [-0.2, -0.15) is 8.78 Å². The highest BCUT2D eigenvalue weighted by molar-refractivity contribution is 5.92. The van der Waals surface area contributed by atoms with Gasteiger partial charge in [0, 0.05) is 37.3 Å². The molecule has 26 heavy (non-hydrogen) atoms. The molecule has 144 valence electrons. The Labute approximate surface area is 152 Å². The van der Waals surface area contributed by atoms with Gasteiger partial charge in [-0.1, -0.05) is 20.8 Å². The number of rotatable bonds is 5. The van der Waals surface area contributed by atoms with Crippen molar-refractivity contribution in [1.29, 1.82) is 0 Å². The Morgan fingerprint density at radius 2 is 1.69 bits per heavy atom. The first-order valence-corrected chi connectivity index (χ1v) is 8.51. The Kier molecular flexibility index (Phi) is 6.52. The first-order valence-electron chi connectivity index (χ1n) is 8.51. The number of nitrogens with one attached hydrogen (secondary N) is 1. The maximum absolute atomic E-state index is 12.3. The quantitative estimate of drug-likeness (QED) is 0.866. The molecule has 6 nitrogen and oxygen atoms in total. The number of benzene rings is 1. The van der Waals surface area contributed by atoms with Crippen molar-refractivity contribution in [3.05, 3.63) is 24.3 Å². The lowest BCUT2D eigenvalue weighted by atomic mass is 9.94. The zero-order valence-corrected chi connectivity index (χ0v) is 15.3. The highest BCUT2D eigenvalue weighted by Crippen LogP contribution is 2.19. The first-order chi connectivity index (χ1) is 12.1. The second-order valence-electron chi connectivity index (χ2n) is 7.27. The van der Waals surface area contributed by atoms with Gasteiger partial charge in [-0.15, -0.1) is 0 Å². The van der Waals surface area contributed by atoms with E-state index in [1.165, 1.54) is 24.3 Å². The number of hydrogen-bond acceptors (Lipinski definition) is 4. The van der Waals surface area contributed by atoms with Crippen molar-refractivity contribution in [3.63, 3.8) is 0 Å². The van der Waals surface area contributed by atoms with Gasteiger partial charge in [0.25, 0.3) is 0 Å². The maximum Gasteiger partial charge on any atom is 0.387 e. The average molecular weight is 369 g/mol. The minimum atomic E-state index is -2.88. The van der Waals surface area contributed by atoms with Gasteiger partial charge in [0.2, 0.25) is 11.8 Å². The molecule has 0 atom stereocenters. The van der Waals surface area contributed by atoms with E-state index in [4.69, 9.17) is 0 Å². The number of ether oxygens (including phenoxy) is 1. The summed E-state index contributed by atoms with van der Waals surface area (Å²) in [4.78, 5) is 28.2. The highest BCUT2D eigenvalue weighted by Gasteiger charge is 2.30. The highest BCUT2D eigenvalue weighted by atomic mass is 19.3. The third-order valence-corrected chi connectivity index (χ3v) is 4.03. The number of carbonyl (C=O) groups is 2. The summed E-state index contributed by atoms with van der Waals surface area (Å²) in [6, 6.07) is 5.77. The molecule has 0 aromatic heterocycles. The normalized spacial score (nSPS) is 15.8. The van der Waals surface area contributed by atoms with Crippen LogP contribution < -0.4 is 10.1 Å². The Bertz CT molecular complexity index is 622. The molecule has 0 saturated carbocycles. The van der Waals surface area contributed by atoms with E-state index in [1.54, 1.807) is 0 Å². The van der Waals surface area contributed by atoms with Crippen molar-refractivity contribution in [2.24, 2.45) is 5.41 Å². The summed E-state index contributed by atoms with van der Waals surface area (Å²) in [5.41, 5.74) is 0.109. The molecular formula is C18H25F2N3O3. The molecule has 1 heterocycles. The molecule has 0 spiro atoms. The summed E-state index contributed by atoms with van der Waals surface area (Å²) in [6.07, 6.45) is 0. The van der Waals surface area contributed by atoms with E-state index >= 15 is 0 Å². The van der Waals surface area contributed by atoms with Gasteiger partial charge in [-0.05, 0) is 24.3 Å². The summed E-state index contributed by atoms with van der Waals surface area (Å²) in [5, 5.41) is 2.72. The largest absolute Gasteiger partial charge is 0.435 e. The van der Waals surface area contributed by atoms with Gasteiger partial charge >= 0.3 is 6.61 Å². The summed E-state index contributed by atoms with van der Waals surface area (Å²) < 4.78 is 28.5. The molecule has 1 fully saturated rings. The molecule has 2 amide bonds. The SMILES string of the molecule is CC(C)(C)C(=O)N1CCN(CC(=O)Nc2ccc(OC(F)F)cc2)CC1. The van der Waals surface area contributed by atoms with Crippen molar-refractivity contribution in [2.45, 2.75) is 27.4 Å². The predicted molar refractivity (Wildman–Crippen MR) is 94.2 cm³/mol. The Balaban J connectivity index is 1.78. The molecule has 1 aliphatic heterocycles. The Morgan fingerprint density at radius 1 is 1.12 bits per heavy atom. The standard InChI is InChI=1S/C18H25F2N3O3/c1-18(2,3)16(25)23-10-8-22(9-11-23)12-15(24)21-13-4-6-14(7-5-13)26-17(19)20/h4-7,17H,8-12H2,1-3H3,(H,21,24). The molecule has 1 N–H and O–H groups in total. The van der Waals surface area contributed by atoms with Gasteiger partial charge < -0.3 is 15.0 Å². The minimum absolute atomic E-state index is 0.0395. The van der Waals surface area contributed by atoms with E-state index < -0.39 is 12.0 Å². The van der Waals surface area contributed by atoms with Crippen LogP contribution in [0, 0.1) is 5.41 Å².